The van der Waals surface area contributed by atoms with Gasteiger partial charge in [-0.25, -0.2) is 0 Å². The van der Waals surface area contributed by atoms with E-state index < -0.39 is 0 Å². The average molecular weight is 288 g/mol. The van der Waals surface area contributed by atoms with Crippen LogP contribution in [0.2, 0.25) is 0 Å². The Morgan fingerprint density at radius 3 is 1.00 bits per heavy atom. The van der Waals surface area contributed by atoms with Crippen LogP contribution in [0.1, 0.15) is 79.1 Å². The van der Waals surface area contributed by atoms with Crippen LogP contribution in [0.5, 0.6) is 0 Å². The summed E-state index contributed by atoms with van der Waals surface area (Å²) < 4.78 is 5.42. The van der Waals surface area contributed by atoms with Crippen LogP contribution in [0.15, 0.2) is 0 Å². The van der Waals surface area contributed by atoms with E-state index in [4.69, 9.17) is 0 Å². The first-order valence-corrected chi connectivity index (χ1v) is 8.79. The molecule has 2 nitrogen and oxygen atoms in total. The quantitative estimate of drug-likeness (QED) is 0.435. The summed E-state index contributed by atoms with van der Waals surface area (Å²) in [6.45, 7) is 15.0. The number of nitrogens with zero attached hydrogens (tertiary/aromatic N) is 1. The first-order valence-electron chi connectivity index (χ1n) is 8.79. The van der Waals surface area contributed by atoms with Gasteiger partial charge >= 0.3 is 0 Å². The zero-order valence-corrected chi connectivity index (χ0v) is 15.0. The second kappa shape index (κ2) is 17.0. The highest BCUT2D eigenvalue weighted by Crippen LogP contribution is 2.16. The third kappa shape index (κ3) is 12.9. The van der Waals surface area contributed by atoms with Crippen molar-refractivity contribution in [2.75, 3.05) is 33.3 Å². The minimum Gasteiger partial charge on any atom is -0.382 e. The van der Waals surface area contributed by atoms with Gasteiger partial charge < -0.3 is 9.22 Å². The van der Waals surface area contributed by atoms with Gasteiger partial charge in [-0.05, 0) is 25.7 Å². The lowest BCUT2D eigenvalue weighted by Crippen LogP contribution is -2.50. The highest BCUT2D eigenvalue weighted by atomic mass is 16.4. The first kappa shape index (κ1) is 22.2. The Morgan fingerprint density at radius 2 is 0.850 bits per heavy atom. The third-order valence-corrected chi connectivity index (χ3v) is 3.94. The lowest BCUT2D eigenvalue weighted by molar-refractivity contribution is -0.929. The lowest BCUT2D eigenvalue weighted by atomic mass is 10.1. The van der Waals surface area contributed by atoms with E-state index >= 15 is 0 Å². The van der Waals surface area contributed by atoms with Crippen LogP contribution in [0.4, 0.5) is 0 Å². The van der Waals surface area contributed by atoms with Gasteiger partial charge in [-0.1, -0.05) is 53.4 Å². The van der Waals surface area contributed by atoms with E-state index in [1.807, 2.05) is 0 Å². The van der Waals surface area contributed by atoms with Gasteiger partial charge in [-0.3, -0.25) is 0 Å². The molecule has 0 aromatic carbocycles. The first-order chi connectivity index (χ1) is 9.66. The summed E-state index contributed by atoms with van der Waals surface area (Å²) >= 11 is 0. The number of ether oxygens (including phenoxy) is 1. The van der Waals surface area contributed by atoms with E-state index in [1.54, 1.807) is 0 Å². The standard InChI is InChI=1S/C16H36N.C2H5O/c1-5-9-13-17(14-10-6-2,15-11-7-3)16-12-8-4;1-3-2/h5-16H2,1-4H3;1H2,2H3/q+1;. The number of methoxy groups -OCH3 is 1. The number of hydrogen-bond acceptors (Lipinski definition) is 1. The van der Waals surface area contributed by atoms with Crippen molar-refractivity contribution < 1.29 is 9.22 Å². The summed E-state index contributed by atoms with van der Waals surface area (Å²) in [5, 5.41) is 0. The smallest absolute Gasteiger partial charge is 0.0786 e. The fourth-order valence-corrected chi connectivity index (χ4v) is 2.64. The van der Waals surface area contributed by atoms with E-state index in [2.05, 4.69) is 39.5 Å². The molecular weight excluding hydrogens is 246 g/mol. The summed E-state index contributed by atoms with van der Waals surface area (Å²) in [6.07, 6.45) is 11.1. The van der Waals surface area contributed by atoms with Crippen molar-refractivity contribution in [1.82, 2.24) is 0 Å². The SMILES string of the molecule is CCCC[N+](CCCC)(CCCC)CCCC.[CH2]OC. The largest absolute Gasteiger partial charge is 0.382 e. The van der Waals surface area contributed by atoms with Crippen molar-refractivity contribution in [3.63, 3.8) is 0 Å². The van der Waals surface area contributed by atoms with Crippen LogP contribution in [0.3, 0.4) is 0 Å². The Labute approximate surface area is 129 Å². The molecule has 0 aromatic rings. The van der Waals surface area contributed by atoms with Crippen LogP contribution in [0.25, 0.3) is 0 Å². The van der Waals surface area contributed by atoms with Crippen molar-refractivity contribution in [1.29, 1.82) is 0 Å². The molecule has 0 fully saturated rings. The molecule has 0 amide bonds. The van der Waals surface area contributed by atoms with Gasteiger partial charge in [0, 0.05) is 7.11 Å². The van der Waals surface area contributed by atoms with Gasteiger partial charge in [0.15, 0.2) is 0 Å². The van der Waals surface area contributed by atoms with Crippen LogP contribution < -0.4 is 0 Å². The Hall–Kier alpha value is -0.0800. The Balaban J connectivity index is 0. The van der Waals surface area contributed by atoms with E-state index in [1.165, 1.54) is 89.1 Å². The second-order valence-electron chi connectivity index (χ2n) is 5.94. The topological polar surface area (TPSA) is 9.23 Å². The van der Waals surface area contributed by atoms with Crippen LogP contribution in [-0.4, -0.2) is 37.8 Å². The number of rotatable bonds is 12. The minimum atomic E-state index is 1.35. The number of hydrogen-bond donors (Lipinski definition) is 0. The maximum absolute atomic E-state index is 4.00. The van der Waals surface area contributed by atoms with Gasteiger partial charge in [0.25, 0.3) is 0 Å². The van der Waals surface area contributed by atoms with Gasteiger partial charge in [0.05, 0.1) is 33.3 Å². The molecular formula is C18H41NO+. The molecule has 0 bridgehead atoms. The summed E-state index contributed by atoms with van der Waals surface area (Å²) in [5.74, 6) is 0. The van der Waals surface area contributed by atoms with Crippen molar-refractivity contribution in [2.45, 2.75) is 79.1 Å². The molecule has 1 radical (unpaired) electrons. The molecule has 0 saturated carbocycles. The molecule has 0 aliphatic rings. The van der Waals surface area contributed by atoms with Gasteiger partial charge in [0.1, 0.15) is 0 Å². The average Bonchev–Trinajstić information content (AvgIpc) is 2.46. The van der Waals surface area contributed by atoms with Gasteiger partial charge in [-0.2, -0.15) is 0 Å². The van der Waals surface area contributed by atoms with E-state index in [0.29, 0.717) is 0 Å². The van der Waals surface area contributed by atoms with Gasteiger partial charge in [0.2, 0.25) is 0 Å². The molecule has 0 saturated heterocycles. The van der Waals surface area contributed by atoms with Crippen molar-refractivity contribution in [2.24, 2.45) is 0 Å². The van der Waals surface area contributed by atoms with Crippen molar-refractivity contribution in [3.8, 4) is 0 Å². The lowest BCUT2D eigenvalue weighted by Gasteiger charge is -2.39. The molecule has 0 aliphatic carbocycles. The maximum Gasteiger partial charge on any atom is 0.0786 e. The molecule has 0 heterocycles. The second-order valence-corrected chi connectivity index (χ2v) is 5.94. The van der Waals surface area contributed by atoms with Crippen LogP contribution in [0, 0.1) is 7.11 Å². The summed E-state index contributed by atoms with van der Waals surface area (Å²) in [6, 6.07) is 0. The molecule has 0 spiro atoms. The summed E-state index contributed by atoms with van der Waals surface area (Å²) in [4.78, 5) is 0. The molecule has 0 atom stereocenters. The highest BCUT2D eigenvalue weighted by Gasteiger charge is 2.24. The third-order valence-electron chi connectivity index (χ3n) is 3.94. The van der Waals surface area contributed by atoms with E-state index in [-0.39, 0.29) is 0 Å². The normalized spacial score (nSPS) is 11.1. The van der Waals surface area contributed by atoms with Crippen LogP contribution >= 0.6 is 0 Å². The fourth-order valence-electron chi connectivity index (χ4n) is 2.64. The zero-order chi connectivity index (χ0) is 15.7. The molecule has 0 rings (SSSR count). The molecule has 0 unspecified atom stereocenters. The molecule has 123 valence electrons. The number of unbranched alkanes of at least 4 members (excludes halogenated alkanes) is 4. The minimum absolute atomic E-state index is 1.35. The Bertz CT molecular complexity index is 133. The molecule has 20 heavy (non-hydrogen) atoms. The summed E-state index contributed by atoms with van der Waals surface area (Å²) in [5.41, 5.74) is 0. The Kier molecular flexibility index (Phi) is 18.8. The molecule has 0 aliphatic heterocycles. The molecule has 0 aromatic heterocycles. The summed E-state index contributed by atoms with van der Waals surface area (Å²) in [7, 11) is 4.50. The monoisotopic (exact) mass is 287 g/mol. The van der Waals surface area contributed by atoms with Crippen LogP contribution in [-0.2, 0) is 4.74 Å². The van der Waals surface area contributed by atoms with Gasteiger partial charge in [-0.15, -0.1) is 0 Å². The van der Waals surface area contributed by atoms with E-state index in [0.717, 1.165) is 0 Å². The maximum atomic E-state index is 4.00. The predicted molar refractivity (Wildman–Crippen MR) is 91.7 cm³/mol. The number of quaternary nitrogens is 1. The Morgan fingerprint density at radius 1 is 0.650 bits per heavy atom. The predicted octanol–water partition coefficient (Wildman–Crippen LogP) is 5.43. The van der Waals surface area contributed by atoms with Crippen molar-refractivity contribution in [3.05, 3.63) is 7.11 Å². The molecule has 2 heteroatoms. The van der Waals surface area contributed by atoms with E-state index in [9.17, 15) is 0 Å². The van der Waals surface area contributed by atoms with Crippen molar-refractivity contribution >= 4 is 0 Å². The molecule has 0 N–H and O–H groups in total. The fraction of sp³-hybridized carbons (Fsp3) is 0.944. The highest BCUT2D eigenvalue weighted by molar-refractivity contribution is 4.49. The zero-order valence-electron chi connectivity index (χ0n) is 15.0.